The molecule has 0 amide bonds. The molecule has 0 aliphatic rings. The molecule has 0 bridgehead atoms. The molecule has 0 atom stereocenters. The third-order valence-electron chi connectivity index (χ3n) is 4.65. The second-order valence-corrected chi connectivity index (χ2v) is 6.42. The highest BCUT2D eigenvalue weighted by Crippen LogP contribution is 2.32. The summed E-state index contributed by atoms with van der Waals surface area (Å²) in [6.07, 6.45) is 0. The van der Waals surface area contributed by atoms with E-state index in [4.69, 9.17) is 5.11 Å². The fraction of sp³-hybridized carbons (Fsp3) is 0.0455. The number of carboxylic acids is 1. The van der Waals surface area contributed by atoms with Crippen LogP contribution in [0.1, 0.15) is 15.9 Å². The minimum absolute atomic E-state index is 0.190. The number of hydrogen-bond donors (Lipinski definition) is 2. The number of H-pyrrole nitrogens is 1. The van der Waals surface area contributed by atoms with Crippen molar-refractivity contribution in [3.8, 4) is 22.4 Å². The summed E-state index contributed by atoms with van der Waals surface area (Å²) in [6, 6.07) is 16.2. The topological polar surface area (TPSA) is 53.1 Å². The number of fused-ring (bicyclic) bond motifs is 1. The average molecular weight is 363 g/mol. The summed E-state index contributed by atoms with van der Waals surface area (Å²) >= 11 is 0. The molecule has 4 aromatic rings. The Morgan fingerprint density at radius 2 is 1.63 bits per heavy atom. The fourth-order valence-electron chi connectivity index (χ4n) is 3.15. The van der Waals surface area contributed by atoms with Gasteiger partial charge in [-0.25, -0.2) is 13.6 Å². The van der Waals surface area contributed by atoms with Gasteiger partial charge < -0.3 is 10.1 Å². The van der Waals surface area contributed by atoms with E-state index in [0.717, 1.165) is 5.56 Å². The van der Waals surface area contributed by atoms with Crippen molar-refractivity contribution in [2.45, 2.75) is 6.92 Å². The molecular weight excluding hydrogens is 348 g/mol. The van der Waals surface area contributed by atoms with E-state index in [9.17, 15) is 9.18 Å². The largest absolute Gasteiger partial charge is 0.478 e. The summed E-state index contributed by atoms with van der Waals surface area (Å²) in [5, 5.41) is 9.69. The lowest BCUT2D eigenvalue weighted by molar-refractivity contribution is 0.0697. The zero-order valence-electron chi connectivity index (χ0n) is 14.4. The summed E-state index contributed by atoms with van der Waals surface area (Å²) in [5.41, 5.74) is 3.44. The molecule has 2 N–H and O–H groups in total. The first-order chi connectivity index (χ1) is 12.9. The van der Waals surface area contributed by atoms with Gasteiger partial charge in [0.1, 0.15) is 5.82 Å². The molecule has 5 heteroatoms. The van der Waals surface area contributed by atoms with Crippen molar-refractivity contribution in [1.29, 1.82) is 0 Å². The van der Waals surface area contributed by atoms with Gasteiger partial charge >= 0.3 is 5.97 Å². The Hall–Kier alpha value is -3.47. The Bertz CT molecular complexity index is 1180. The number of aromatic carboxylic acids is 1. The third-order valence-corrected chi connectivity index (χ3v) is 4.65. The maximum Gasteiger partial charge on any atom is 0.335 e. The highest BCUT2D eigenvalue weighted by Gasteiger charge is 2.14. The summed E-state index contributed by atoms with van der Waals surface area (Å²) in [5.74, 6) is -1.73. The number of aromatic amines is 1. The molecule has 134 valence electrons. The van der Waals surface area contributed by atoms with Crippen molar-refractivity contribution < 1.29 is 18.7 Å². The van der Waals surface area contributed by atoms with Crippen molar-refractivity contribution in [2.24, 2.45) is 0 Å². The highest BCUT2D eigenvalue weighted by atomic mass is 19.1. The smallest absolute Gasteiger partial charge is 0.335 e. The van der Waals surface area contributed by atoms with Crippen LogP contribution in [-0.2, 0) is 0 Å². The van der Waals surface area contributed by atoms with Crippen molar-refractivity contribution in [3.63, 3.8) is 0 Å². The van der Waals surface area contributed by atoms with Crippen LogP contribution >= 0.6 is 0 Å². The van der Waals surface area contributed by atoms with Crippen molar-refractivity contribution >= 4 is 16.9 Å². The monoisotopic (exact) mass is 363 g/mol. The number of rotatable bonds is 3. The molecule has 0 saturated heterocycles. The lowest BCUT2D eigenvalue weighted by atomic mass is 10.0. The molecule has 0 fully saturated rings. The van der Waals surface area contributed by atoms with Gasteiger partial charge in [-0.1, -0.05) is 30.3 Å². The van der Waals surface area contributed by atoms with Gasteiger partial charge in [0.2, 0.25) is 0 Å². The molecule has 0 unspecified atom stereocenters. The van der Waals surface area contributed by atoms with Crippen molar-refractivity contribution in [1.82, 2.24) is 4.98 Å². The first-order valence-corrected chi connectivity index (χ1v) is 8.35. The standard InChI is InChI=1S/C22H15F2NO2/c1-12-10-15(7-9-18(12)23)17-8-6-16-11-19(25-21(16)20(17)24)13-2-4-14(5-3-13)22(26)27/h2-11,25H,1H3,(H,26,27). The van der Waals surface area contributed by atoms with E-state index in [1.54, 1.807) is 43.3 Å². The Morgan fingerprint density at radius 1 is 0.926 bits per heavy atom. The molecule has 1 heterocycles. The second kappa shape index (κ2) is 6.36. The van der Waals surface area contributed by atoms with Crippen LogP contribution in [0.15, 0.2) is 60.7 Å². The Morgan fingerprint density at radius 3 is 2.30 bits per heavy atom. The highest BCUT2D eigenvalue weighted by molar-refractivity contribution is 5.91. The van der Waals surface area contributed by atoms with Crippen LogP contribution in [0, 0.1) is 18.6 Å². The van der Waals surface area contributed by atoms with Crippen molar-refractivity contribution in [3.05, 3.63) is 83.4 Å². The van der Waals surface area contributed by atoms with Gasteiger partial charge in [0.05, 0.1) is 11.1 Å². The van der Waals surface area contributed by atoms with E-state index in [2.05, 4.69) is 4.98 Å². The number of aryl methyl sites for hydroxylation is 1. The second-order valence-electron chi connectivity index (χ2n) is 6.42. The van der Waals surface area contributed by atoms with Crippen LogP contribution in [0.5, 0.6) is 0 Å². The molecule has 27 heavy (non-hydrogen) atoms. The van der Waals surface area contributed by atoms with Crippen LogP contribution in [0.2, 0.25) is 0 Å². The van der Waals surface area contributed by atoms with Crippen LogP contribution in [0.3, 0.4) is 0 Å². The molecule has 1 aromatic heterocycles. The first-order valence-electron chi connectivity index (χ1n) is 8.35. The minimum Gasteiger partial charge on any atom is -0.478 e. The predicted octanol–water partition coefficient (Wildman–Crippen LogP) is 5.79. The van der Waals surface area contributed by atoms with E-state index in [0.29, 0.717) is 33.3 Å². The van der Waals surface area contributed by atoms with Gasteiger partial charge in [-0.05, 0) is 53.9 Å². The Balaban J connectivity index is 1.80. The van der Waals surface area contributed by atoms with E-state index >= 15 is 4.39 Å². The van der Waals surface area contributed by atoms with Gasteiger partial charge in [0.15, 0.2) is 5.82 Å². The number of nitrogens with one attached hydrogen (secondary N) is 1. The summed E-state index contributed by atoms with van der Waals surface area (Å²) in [4.78, 5) is 14.0. The lowest BCUT2D eigenvalue weighted by Gasteiger charge is -2.06. The van der Waals surface area contributed by atoms with Crippen LogP contribution < -0.4 is 0 Å². The molecule has 0 spiro atoms. The Kier molecular flexibility index (Phi) is 4.00. The Labute approximate surface area is 153 Å². The lowest BCUT2D eigenvalue weighted by Crippen LogP contribution is -1.94. The normalized spacial score (nSPS) is 11.1. The predicted molar refractivity (Wildman–Crippen MR) is 101 cm³/mol. The van der Waals surface area contributed by atoms with E-state index in [1.165, 1.54) is 18.2 Å². The fourth-order valence-corrected chi connectivity index (χ4v) is 3.15. The van der Waals surface area contributed by atoms with E-state index in [1.807, 2.05) is 6.07 Å². The maximum absolute atomic E-state index is 15.1. The van der Waals surface area contributed by atoms with Gasteiger partial charge in [-0.15, -0.1) is 0 Å². The molecule has 3 nitrogen and oxygen atoms in total. The molecule has 0 aliphatic heterocycles. The first kappa shape index (κ1) is 17.0. The van der Waals surface area contributed by atoms with Crippen LogP contribution in [0.4, 0.5) is 8.78 Å². The van der Waals surface area contributed by atoms with Crippen molar-refractivity contribution in [2.75, 3.05) is 0 Å². The van der Waals surface area contributed by atoms with Crippen LogP contribution in [0.25, 0.3) is 33.3 Å². The van der Waals surface area contributed by atoms with E-state index < -0.39 is 11.8 Å². The molecule has 0 aliphatic carbocycles. The zero-order chi connectivity index (χ0) is 19.1. The molecule has 3 aromatic carbocycles. The number of halogens is 2. The minimum atomic E-state index is -0.997. The number of hydrogen-bond acceptors (Lipinski definition) is 1. The van der Waals surface area contributed by atoms with Gasteiger partial charge in [0.25, 0.3) is 0 Å². The SMILES string of the molecule is Cc1cc(-c2ccc3cc(-c4ccc(C(=O)O)cc4)[nH]c3c2F)ccc1F. The summed E-state index contributed by atoms with van der Waals surface area (Å²) in [7, 11) is 0. The van der Waals surface area contributed by atoms with E-state index in [-0.39, 0.29) is 11.4 Å². The molecule has 0 radical (unpaired) electrons. The van der Waals surface area contributed by atoms with Gasteiger partial charge in [-0.3, -0.25) is 0 Å². The molecule has 4 rings (SSSR count). The molecule has 0 saturated carbocycles. The number of aromatic nitrogens is 1. The number of carboxylic acid groups (broad SMARTS) is 1. The number of benzene rings is 3. The molecular formula is C22H15F2NO2. The average Bonchev–Trinajstić information content (AvgIpc) is 3.10. The zero-order valence-corrected chi connectivity index (χ0v) is 14.4. The van der Waals surface area contributed by atoms with Crippen LogP contribution in [-0.4, -0.2) is 16.1 Å². The third kappa shape index (κ3) is 2.97. The number of carbonyl (C=O) groups is 1. The summed E-state index contributed by atoms with van der Waals surface area (Å²) in [6.45, 7) is 1.64. The maximum atomic E-state index is 15.1. The van der Waals surface area contributed by atoms with Gasteiger partial charge in [-0.2, -0.15) is 0 Å². The summed E-state index contributed by atoms with van der Waals surface area (Å²) < 4.78 is 28.6. The quantitative estimate of drug-likeness (QED) is 0.484. The van der Waals surface area contributed by atoms with Gasteiger partial charge in [0, 0.05) is 16.6 Å².